The van der Waals surface area contributed by atoms with E-state index in [4.69, 9.17) is 0 Å². The molecular weight excluding hydrogens is 286 g/mol. The molecule has 2 heterocycles. The summed E-state index contributed by atoms with van der Waals surface area (Å²) in [4.78, 5) is 4.39. The fraction of sp³-hybridized carbons (Fsp3) is 0. The summed E-state index contributed by atoms with van der Waals surface area (Å²) in [5.41, 5.74) is 2.00. The molecule has 0 unspecified atom stereocenters. The van der Waals surface area contributed by atoms with Crippen molar-refractivity contribution in [2.24, 2.45) is 0 Å². The molecule has 3 nitrogen and oxygen atoms in total. The van der Waals surface area contributed by atoms with Crippen LogP contribution in [0.15, 0.2) is 40.4 Å². The molecular formula is C11H6BrN3S. The molecule has 5 heteroatoms. The third kappa shape index (κ3) is 1.62. The summed E-state index contributed by atoms with van der Waals surface area (Å²) < 4.78 is 0.787. The van der Waals surface area contributed by atoms with Crippen molar-refractivity contribution >= 4 is 38.2 Å². The van der Waals surface area contributed by atoms with Gasteiger partial charge >= 0.3 is 0 Å². The zero-order chi connectivity index (χ0) is 11.0. The highest BCUT2D eigenvalue weighted by molar-refractivity contribution is 9.11. The van der Waals surface area contributed by atoms with Crippen LogP contribution in [0.5, 0.6) is 0 Å². The molecule has 2 aromatic heterocycles. The zero-order valence-corrected chi connectivity index (χ0v) is 10.5. The number of nitrogens with zero attached hydrogens (tertiary/aromatic N) is 3. The first-order valence-electron chi connectivity index (χ1n) is 4.68. The molecule has 0 spiro atoms. The minimum absolute atomic E-state index is 0.787. The summed E-state index contributed by atoms with van der Waals surface area (Å²) in [6, 6.07) is 10.0. The van der Waals surface area contributed by atoms with Gasteiger partial charge in [-0.1, -0.05) is 29.5 Å². The normalized spacial score (nSPS) is 10.8. The highest BCUT2D eigenvalue weighted by atomic mass is 79.9. The Labute approximate surface area is 104 Å². The van der Waals surface area contributed by atoms with Crippen molar-refractivity contribution in [2.45, 2.75) is 0 Å². The van der Waals surface area contributed by atoms with Crippen molar-refractivity contribution < 1.29 is 0 Å². The van der Waals surface area contributed by atoms with E-state index >= 15 is 0 Å². The number of rotatable bonds is 1. The van der Waals surface area contributed by atoms with Gasteiger partial charge < -0.3 is 0 Å². The van der Waals surface area contributed by atoms with E-state index in [0.29, 0.717) is 0 Å². The number of aromatic nitrogens is 3. The maximum absolute atomic E-state index is 4.39. The molecule has 0 amide bonds. The van der Waals surface area contributed by atoms with Gasteiger partial charge in [-0.3, -0.25) is 4.98 Å². The van der Waals surface area contributed by atoms with Crippen molar-refractivity contribution in [1.82, 2.24) is 15.2 Å². The molecule has 0 bridgehead atoms. The smallest absolute Gasteiger partial charge is 0.183 e. The van der Waals surface area contributed by atoms with Gasteiger partial charge in [0.15, 0.2) is 8.92 Å². The Morgan fingerprint density at radius 1 is 1.06 bits per heavy atom. The van der Waals surface area contributed by atoms with Crippen LogP contribution in [0.4, 0.5) is 0 Å². The number of benzene rings is 1. The van der Waals surface area contributed by atoms with Crippen molar-refractivity contribution in [3.8, 4) is 10.6 Å². The molecule has 0 saturated heterocycles. The predicted octanol–water partition coefficient (Wildman–Crippen LogP) is 3.52. The summed E-state index contributed by atoms with van der Waals surface area (Å²) in [5, 5.41) is 10.1. The molecule has 0 aliphatic rings. The second-order valence-corrected chi connectivity index (χ2v) is 5.49. The standard InChI is InChI=1S/C11H6BrN3S/c12-11-15-14-10(16-11)8-5-1-3-7-4-2-6-13-9(7)8/h1-6H. The van der Waals surface area contributed by atoms with Crippen LogP contribution in [0.1, 0.15) is 0 Å². The molecule has 0 radical (unpaired) electrons. The van der Waals surface area contributed by atoms with Gasteiger partial charge in [0.2, 0.25) is 0 Å². The maximum atomic E-state index is 4.39. The van der Waals surface area contributed by atoms with E-state index in [9.17, 15) is 0 Å². The molecule has 0 aliphatic carbocycles. The number of fused-ring (bicyclic) bond motifs is 1. The zero-order valence-electron chi connectivity index (χ0n) is 8.09. The van der Waals surface area contributed by atoms with Gasteiger partial charge in [0.25, 0.3) is 0 Å². The van der Waals surface area contributed by atoms with Gasteiger partial charge in [-0.15, -0.1) is 10.2 Å². The lowest BCUT2D eigenvalue weighted by Crippen LogP contribution is -1.83. The van der Waals surface area contributed by atoms with Crippen LogP contribution in [0.3, 0.4) is 0 Å². The highest BCUT2D eigenvalue weighted by Crippen LogP contribution is 2.30. The molecule has 3 rings (SSSR count). The van der Waals surface area contributed by atoms with Crippen LogP contribution in [0.25, 0.3) is 21.5 Å². The number of pyridine rings is 1. The summed E-state index contributed by atoms with van der Waals surface area (Å²) in [6.07, 6.45) is 1.79. The minimum atomic E-state index is 0.787. The lowest BCUT2D eigenvalue weighted by molar-refractivity contribution is 1.08. The van der Waals surface area contributed by atoms with Crippen LogP contribution >= 0.6 is 27.3 Å². The molecule has 0 atom stereocenters. The first-order valence-corrected chi connectivity index (χ1v) is 6.29. The maximum Gasteiger partial charge on any atom is 0.183 e. The van der Waals surface area contributed by atoms with Gasteiger partial charge in [0.1, 0.15) is 0 Å². The summed E-state index contributed by atoms with van der Waals surface area (Å²) in [6.45, 7) is 0. The third-order valence-corrected chi connectivity index (χ3v) is 3.65. The predicted molar refractivity (Wildman–Crippen MR) is 68.3 cm³/mol. The second kappa shape index (κ2) is 3.92. The summed E-state index contributed by atoms with van der Waals surface area (Å²) >= 11 is 4.83. The topological polar surface area (TPSA) is 38.7 Å². The largest absolute Gasteiger partial charge is 0.256 e. The minimum Gasteiger partial charge on any atom is -0.256 e. The second-order valence-electron chi connectivity index (χ2n) is 3.24. The Kier molecular flexibility index (Phi) is 2.41. The monoisotopic (exact) mass is 291 g/mol. The number of para-hydroxylation sites is 1. The van der Waals surface area contributed by atoms with Gasteiger partial charge in [0.05, 0.1) is 5.52 Å². The van der Waals surface area contributed by atoms with Crippen molar-refractivity contribution in [3.63, 3.8) is 0 Å². The van der Waals surface area contributed by atoms with E-state index in [1.54, 1.807) is 6.20 Å². The van der Waals surface area contributed by atoms with Crippen molar-refractivity contribution in [1.29, 1.82) is 0 Å². The number of hydrogen-bond acceptors (Lipinski definition) is 4. The van der Waals surface area contributed by atoms with E-state index in [1.165, 1.54) is 11.3 Å². The average molecular weight is 292 g/mol. The lowest BCUT2D eigenvalue weighted by atomic mass is 10.1. The van der Waals surface area contributed by atoms with Gasteiger partial charge in [-0.05, 0) is 28.1 Å². The Balaban J connectivity index is 2.31. The Morgan fingerprint density at radius 3 is 2.75 bits per heavy atom. The summed E-state index contributed by atoms with van der Waals surface area (Å²) in [5.74, 6) is 0. The molecule has 0 fully saturated rings. The van der Waals surface area contributed by atoms with Crippen molar-refractivity contribution in [2.75, 3.05) is 0 Å². The molecule has 0 N–H and O–H groups in total. The van der Waals surface area contributed by atoms with E-state index in [1.807, 2.05) is 30.3 Å². The number of hydrogen-bond donors (Lipinski definition) is 0. The van der Waals surface area contributed by atoms with E-state index < -0.39 is 0 Å². The van der Waals surface area contributed by atoms with Gasteiger partial charge in [-0.25, -0.2) is 0 Å². The lowest BCUT2D eigenvalue weighted by Gasteiger charge is -2.00. The van der Waals surface area contributed by atoms with Gasteiger partial charge in [0, 0.05) is 17.1 Å². The molecule has 1 aromatic carbocycles. The highest BCUT2D eigenvalue weighted by Gasteiger charge is 2.08. The molecule has 0 saturated carbocycles. The van der Waals surface area contributed by atoms with Crippen LogP contribution in [-0.4, -0.2) is 15.2 Å². The van der Waals surface area contributed by atoms with E-state index in [-0.39, 0.29) is 0 Å². The van der Waals surface area contributed by atoms with Crippen LogP contribution in [0.2, 0.25) is 0 Å². The van der Waals surface area contributed by atoms with Crippen LogP contribution in [0, 0.1) is 0 Å². The SMILES string of the molecule is Brc1nnc(-c2cccc3cccnc23)s1. The Hall–Kier alpha value is -1.33. The number of halogens is 1. The van der Waals surface area contributed by atoms with E-state index in [0.717, 1.165) is 25.4 Å². The Bertz CT molecular complexity index is 645. The van der Waals surface area contributed by atoms with E-state index in [2.05, 4.69) is 31.1 Å². The first-order chi connectivity index (χ1) is 7.84. The summed E-state index contributed by atoms with van der Waals surface area (Å²) in [7, 11) is 0. The molecule has 16 heavy (non-hydrogen) atoms. The molecule has 3 aromatic rings. The van der Waals surface area contributed by atoms with Gasteiger partial charge in [-0.2, -0.15) is 0 Å². The first kappa shape index (κ1) is 9.86. The third-order valence-electron chi connectivity index (χ3n) is 2.26. The molecule has 78 valence electrons. The quantitative estimate of drug-likeness (QED) is 0.689. The van der Waals surface area contributed by atoms with Crippen LogP contribution < -0.4 is 0 Å². The fourth-order valence-corrected chi connectivity index (χ4v) is 2.73. The van der Waals surface area contributed by atoms with Crippen molar-refractivity contribution in [3.05, 3.63) is 40.4 Å². The average Bonchev–Trinajstić information content (AvgIpc) is 2.75. The Morgan fingerprint density at radius 2 is 1.94 bits per heavy atom. The molecule has 0 aliphatic heterocycles. The fourth-order valence-electron chi connectivity index (χ4n) is 1.59. The van der Waals surface area contributed by atoms with Crippen LogP contribution in [-0.2, 0) is 0 Å².